The van der Waals surface area contributed by atoms with Gasteiger partial charge in [-0.05, 0) is 37.1 Å². The molecule has 4 nitrogen and oxygen atoms in total. The lowest BCUT2D eigenvalue weighted by molar-refractivity contribution is -0.143. The zero-order chi connectivity index (χ0) is 13.8. The van der Waals surface area contributed by atoms with E-state index in [1.165, 1.54) is 13.2 Å². The average molecular weight is 267 g/mol. The lowest BCUT2D eigenvalue weighted by atomic mass is 9.98. The molecule has 19 heavy (non-hydrogen) atoms. The van der Waals surface area contributed by atoms with Crippen LogP contribution < -0.4 is 4.74 Å². The molecule has 2 rings (SSSR count). The molecule has 1 aromatic carbocycles. The van der Waals surface area contributed by atoms with Gasteiger partial charge in [0, 0.05) is 13.1 Å². The third-order valence-corrected chi connectivity index (χ3v) is 3.48. The second kappa shape index (κ2) is 6.02. The molecular formula is C14H18FNO3. The van der Waals surface area contributed by atoms with Gasteiger partial charge in [0.2, 0.25) is 0 Å². The van der Waals surface area contributed by atoms with Gasteiger partial charge in [0.25, 0.3) is 0 Å². The van der Waals surface area contributed by atoms with Gasteiger partial charge in [-0.3, -0.25) is 9.69 Å². The maximum atomic E-state index is 13.6. The van der Waals surface area contributed by atoms with Crippen LogP contribution in [-0.4, -0.2) is 36.2 Å². The lowest BCUT2D eigenvalue weighted by Gasteiger charge is -2.30. The van der Waals surface area contributed by atoms with Gasteiger partial charge in [-0.1, -0.05) is 6.07 Å². The molecule has 1 heterocycles. The van der Waals surface area contributed by atoms with Gasteiger partial charge in [-0.2, -0.15) is 0 Å². The number of aliphatic carboxylic acids is 1. The molecule has 1 aromatic rings. The third kappa shape index (κ3) is 3.44. The Hall–Kier alpha value is -1.62. The Kier molecular flexibility index (Phi) is 4.37. The molecule has 104 valence electrons. The predicted molar refractivity (Wildman–Crippen MR) is 68.6 cm³/mol. The Labute approximate surface area is 111 Å². The molecule has 1 fully saturated rings. The topological polar surface area (TPSA) is 49.8 Å². The first kappa shape index (κ1) is 13.8. The normalized spacial score (nSPS) is 20.2. The molecule has 0 saturated carbocycles. The number of ether oxygens (including phenoxy) is 1. The molecule has 0 aromatic heterocycles. The highest BCUT2D eigenvalue weighted by Crippen LogP contribution is 2.22. The Morgan fingerprint density at radius 2 is 2.37 bits per heavy atom. The Morgan fingerprint density at radius 1 is 1.58 bits per heavy atom. The molecule has 1 atom stereocenters. The Morgan fingerprint density at radius 3 is 3.00 bits per heavy atom. The smallest absolute Gasteiger partial charge is 0.307 e. The quantitative estimate of drug-likeness (QED) is 0.908. The minimum absolute atomic E-state index is 0.228. The van der Waals surface area contributed by atoms with E-state index in [0.29, 0.717) is 13.1 Å². The van der Waals surface area contributed by atoms with Crippen molar-refractivity contribution in [2.24, 2.45) is 5.92 Å². The van der Waals surface area contributed by atoms with Crippen molar-refractivity contribution in [2.75, 3.05) is 20.2 Å². The highest BCUT2D eigenvalue weighted by atomic mass is 19.1. The van der Waals surface area contributed by atoms with Gasteiger partial charge in [0.05, 0.1) is 13.0 Å². The number of methoxy groups -OCH3 is 1. The Balaban J connectivity index is 2.00. The minimum atomic E-state index is -0.745. The van der Waals surface area contributed by atoms with Crippen LogP contribution in [-0.2, 0) is 11.3 Å². The first-order valence-electron chi connectivity index (χ1n) is 6.37. The van der Waals surface area contributed by atoms with Crippen molar-refractivity contribution >= 4 is 5.97 Å². The summed E-state index contributed by atoms with van der Waals surface area (Å²) in [7, 11) is 1.43. The van der Waals surface area contributed by atoms with E-state index in [4.69, 9.17) is 9.84 Å². The third-order valence-electron chi connectivity index (χ3n) is 3.48. The Bertz CT molecular complexity index is 464. The SMILES string of the molecule is COc1ccc(CN2CCC[C@H](C(=O)O)C2)cc1F. The van der Waals surface area contributed by atoms with Gasteiger partial charge >= 0.3 is 5.97 Å². The van der Waals surface area contributed by atoms with E-state index in [2.05, 4.69) is 4.90 Å². The monoisotopic (exact) mass is 267 g/mol. The van der Waals surface area contributed by atoms with Crippen LogP contribution in [0.4, 0.5) is 4.39 Å². The summed E-state index contributed by atoms with van der Waals surface area (Å²) in [5, 5.41) is 9.03. The van der Waals surface area contributed by atoms with Crippen LogP contribution in [0.1, 0.15) is 18.4 Å². The molecular weight excluding hydrogens is 249 g/mol. The van der Waals surface area contributed by atoms with E-state index in [1.54, 1.807) is 6.07 Å². The number of halogens is 1. The number of carbonyl (C=O) groups is 1. The molecule has 0 bridgehead atoms. The van der Waals surface area contributed by atoms with Crippen molar-refractivity contribution < 1.29 is 19.0 Å². The highest BCUT2D eigenvalue weighted by molar-refractivity contribution is 5.70. The summed E-state index contributed by atoms with van der Waals surface area (Å²) in [6, 6.07) is 4.86. The molecule has 1 aliphatic rings. The largest absolute Gasteiger partial charge is 0.494 e. The van der Waals surface area contributed by atoms with E-state index in [9.17, 15) is 9.18 Å². The summed E-state index contributed by atoms with van der Waals surface area (Å²) in [5.74, 6) is -1.21. The van der Waals surface area contributed by atoms with E-state index in [1.807, 2.05) is 6.07 Å². The summed E-state index contributed by atoms with van der Waals surface area (Å²) >= 11 is 0. The van der Waals surface area contributed by atoms with Crippen LogP contribution in [0.5, 0.6) is 5.75 Å². The number of piperidine rings is 1. The number of hydrogen-bond donors (Lipinski definition) is 1. The fourth-order valence-corrected chi connectivity index (χ4v) is 2.47. The summed E-state index contributed by atoms with van der Waals surface area (Å²) in [6.07, 6.45) is 1.60. The van der Waals surface area contributed by atoms with Crippen molar-refractivity contribution in [1.29, 1.82) is 0 Å². The minimum Gasteiger partial charge on any atom is -0.494 e. The van der Waals surface area contributed by atoms with Crippen molar-refractivity contribution in [3.63, 3.8) is 0 Å². The van der Waals surface area contributed by atoms with Crippen LogP contribution >= 0.6 is 0 Å². The summed E-state index contributed by atoms with van der Waals surface area (Å²) in [5.41, 5.74) is 0.837. The molecule has 0 spiro atoms. The first-order chi connectivity index (χ1) is 9.10. The number of hydrogen-bond acceptors (Lipinski definition) is 3. The summed E-state index contributed by atoms with van der Waals surface area (Å²) in [4.78, 5) is 13.0. The van der Waals surface area contributed by atoms with Crippen molar-refractivity contribution in [1.82, 2.24) is 4.90 Å². The van der Waals surface area contributed by atoms with Gasteiger partial charge in [0.1, 0.15) is 0 Å². The maximum Gasteiger partial charge on any atom is 0.307 e. The summed E-state index contributed by atoms with van der Waals surface area (Å²) in [6.45, 7) is 1.96. The van der Waals surface area contributed by atoms with Crippen molar-refractivity contribution in [3.05, 3.63) is 29.6 Å². The second-order valence-corrected chi connectivity index (χ2v) is 4.88. The predicted octanol–water partition coefficient (Wildman–Crippen LogP) is 2.13. The summed E-state index contributed by atoms with van der Waals surface area (Å²) < 4.78 is 18.4. The van der Waals surface area contributed by atoms with E-state index < -0.39 is 5.97 Å². The molecule has 5 heteroatoms. The van der Waals surface area contributed by atoms with E-state index >= 15 is 0 Å². The number of carboxylic acids is 1. The maximum absolute atomic E-state index is 13.6. The lowest BCUT2D eigenvalue weighted by Crippen LogP contribution is -2.38. The molecule has 1 saturated heterocycles. The number of rotatable bonds is 4. The molecule has 0 unspecified atom stereocenters. The standard InChI is InChI=1S/C14H18FNO3/c1-19-13-5-4-10(7-12(13)15)8-16-6-2-3-11(9-16)14(17)18/h4-5,7,11H,2-3,6,8-9H2,1H3,(H,17,18)/t11-/m0/s1. The fraction of sp³-hybridized carbons (Fsp3) is 0.500. The van der Waals surface area contributed by atoms with Crippen LogP contribution in [0.15, 0.2) is 18.2 Å². The first-order valence-corrected chi connectivity index (χ1v) is 6.37. The van der Waals surface area contributed by atoms with Gasteiger partial charge in [-0.15, -0.1) is 0 Å². The average Bonchev–Trinajstić information content (AvgIpc) is 2.39. The molecule has 0 aliphatic carbocycles. The van der Waals surface area contributed by atoms with Crippen LogP contribution in [0.25, 0.3) is 0 Å². The molecule has 0 radical (unpaired) electrons. The van der Waals surface area contributed by atoms with E-state index in [0.717, 1.165) is 24.9 Å². The van der Waals surface area contributed by atoms with Crippen LogP contribution in [0.2, 0.25) is 0 Å². The number of likely N-dealkylation sites (tertiary alicyclic amines) is 1. The van der Waals surface area contributed by atoms with Gasteiger partial charge in [-0.25, -0.2) is 4.39 Å². The van der Waals surface area contributed by atoms with Crippen LogP contribution in [0, 0.1) is 11.7 Å². The van der Waals surface area contributed by atoms with Gasteiger partial charge < -0.3 is 9.84 Å². The van der Waals surface area contributed by atoms with E-state index in [-0.39, 0.29) is 17.5 Å². The van der Waals surface area contributed by atoms with Crippen molar-refractivity contribution in [3.8, 4) is 5.75 Å². The molecule has 1 aliphatic heterocycles. The van der Waals surface area contributed by atoms with Gasteiger partial charge in [0.15, 0.2) is 11.6 Å². The zero-order valence-electron chi connectivity index (χ0n) is 10.9. The highest BCUT2D eigenvalue weighted by Gasteiger charge is 2.25. The number of carboxylic acid groups (broad SMARTS) is 1. The number of benzene rings is 1. The number of nitrogens with zero attached hydrogens (tertiary/aromatic N) is 1. The second-order valence-electron chi connectivity index (χ2n) is 4.88. The fourth-order valence-electron chi connectivity index (χ4n) is 2.47. The molecule has 1 N–H and O–H groups in total. The van der Waals surface area contributed by atoms with Crippen LogP contribution in [0.3, 0.4) is 0 Å². The van der Waals surface area contributed by atoms with Crippen molar-refractivity contribution in [2.45, 2.75) is 19.4 Å². The zero-order valence-corrected chi connectivity index (χ0v) is 10.9. The molecule has 0 amide bonds.